The third-order valence-corrected chi connectivity index (χ3v) is 1.16. The van der Waals surface area contributed by atoms with E-state index in [-0.39, 0.29) is 0 Å². The van der Waals surface area contributed by atoms with Crippen molar-refractivity contribution in [1.82, 2.24) is 5.32 Å². The van der Waals surface area contributed by atoms with Crippen LogP contribution < -0.4 is 5.32 Å². The molecule has 0 aliphatic heterocycles. The lowest BCUT2D eigenvalue weighted by Crippen LogP contribution is -2.27. The molecule has 0 rings (SSSR count). The molecule has 0 bridgehead atoms. The molecule has 3 nitrogen and oxygen atoms in total. The number of hydrogen-bond donors (Lipinski definition) is 2. The van der Waals surface area contributed by atoms with Gasteiger partial charge in [0, 0.05) is 0 Å². The van der Waals surface area contributed by atoms with Crippen LogP contribution in [0.3, 0.4) is 0 Å². The normalized spacial score (nSPS) is 10.2. The molecule has 0 amide bonds. The van der Waals surface area contributed by atoms with Gasteiger partial charge in [0.25, 0.3) is 0 Å². The first kappa shape index (κ1) is 10.4. The number of ether oxygens (including phenoxy) is 1. The summed E-state index contributed by atoms with van der Waals surface area (Å²) in [4.78, 5) is 0. The Morgan fingerprint density at radius 2 is 2.18 bits per heavy atom. The van der Waals surface area contributed by atoms with Crippen molar-refractivity contribution >= 4 is 5.90 Å². The van der Waals surface area contributed by atoms with Crippen LogP contribution in [0.15, 0.2) is 0 Å². The molecule has 0 saturated heterocycles. The summed E-state index contributed by atoms with van der Waals surface area (Å²) in [6.45, 7) is 8.23. The van der Waals surface area contributed by atoms with Crippen LogP contribution >= 0.6 is 0 Å². The molecule has 0 fully saturated rings. The van der Waals surface area contributed by atoms with Crippen LogP contribution in [0.25, 0.3) is 0 Å². The molecule has 0 aromatic rings. The van der Waals surface area contributed by atoms with Gasteiger partial charge in [0.1, 0.15) is 0 Å². The Kier molecular flexibility index (Phi) is 5.84. The Labute approximate surface area is 68.6 Å². The zero-order chi connectivity index (χ0) is 8.69. The van der Waals surface area contributed by atoms with Gasteiger partial charge in [-0.2, -0.15) is 0 Å². The fourth-order valence-corrected chi connectivity index (χ4v) is 0.700. The molecule has 0 unspecified atom stereocenters. The van der Waals surface area contributed by atoms with Crippen LogP contribution in [0.5, 0.6) is 0 Å². The molecule has 2 N–H and O–H groups in total. The van der Waals surface area contributed by atoms with Gasteiger partial charge in [0.05, 0.1) is 13.2 Å². The summed E-state index contributed by atoms with van der Waals surface area (Å²) in [7, 11) is 0. The minimum absolute atomic E-state index is 0.327. The maximum atomic E-state index is 7.25. The Morgan fingerprint density at radius 1 is 1.55 bits per heavy atom. The highest BCUT2D eigenvalue weighted by Crippen LogP contribution is 1.86. The second-order valence-corrected chi connectivity index (χ2v) is 2.88. The summed E-state index contributed by atoms with van der Waals surface area (Å²) >= 11 is 0. The molecule has 11 heavy (non-hydrogen) atoms. The van der Waals surface area contributed by atoms with Crippen molar-refractivity contribution in [3.63, 3.8) is 0 Å². The fraction of sp³-hybridized carbons (Fsp3) is 0.875. The van der Waals surface area contributed by atoms with Crippen LogP contribution in [0, 0.1) is 11.3 Å². The minimum atomic E-state index is 0.327. The molecule has 66 valence electrons. The van der Waals surface area contributed by atoms with Gasteiger partial charge in [-0.3, -0.25) is 5.41 Å². The quantitative estimate of drug-likeness (QED) is 0.467. The smallest absolute Gasteiger partial charge is 0.194 e. The SMILES string of the molecule is CCOC(=N)CNCC(C)C. The maximum Gasteiger partial charge on any atom is 0.194 e. The lowest BCUT2D eigenvalue weighted by atomic mass is 10.2. The van der Waals surface area contributed by atoms with Gasteiger partial charge >= 0.3 is 0 Å². The van der Waals surface area contributed by atoms with Crippen LogP contribution in [-0.4, -0.2) is 25.6 Å². The molecule has 0 spiro atoms. The predicted octanol–water partition coefficient (Wildman–Crippen LogP) is 1.25. The zero-order valence-corrected chi connectivity index (χ0v) is 7.61. The number of hydrogen-bond acceptors (Lipinski definition) is 3. The van der Waals surface area contributed by atoms with Crippen molar-refractivity contribution in [1.29, 1.82) is 5.41 Å². The van der Waals surface area contributed by atoms with E-state index in [1.165, 1.54) is 0 Å². The highest BCUT2D eigenvalue weighted by atomic mass is 16.5. The van der Waals surface area contributed by atoms with Gasteiger partial charge in [-0.15, -0.1) is 0 Å². The van der Waals surface area contributed by atoms with Gasteiger partial charge in [0.2, 0.25) is 0 Å². The molecular weight excluding hydrogens is 140 g/mol. The molecule has 0 heterocycles. The summed E-state index contributed by atoms with van der Waals surface area (Å²) in [6.07, 6.45) is 0. The van der Waals surface area contributed by atoms with E-state index in [2.05, 4.69) is 19.2 Å². The summed E-state index contributed by atoms with van der Waals surface area (Å²) in [6, 6.07) is 0. The van der Waals surface area contributed by atoms with E-state index >= 15 is 0 Å². The predicted molar refractivity (Wildman–Crippen MR) is 47.1 cm³/mol. The van der Waals surface area contributed by atoms with Gasteiger partial charge in [-0.05, 0) is 19.4 Å². The molecule has 0 saturated carbocycles. The molecule has 0 atom stereocenters. The summed E-state index contributed by atoms with van der Waals surface area (Å²) in [5, 5.41) is 10.4. The molecule has 0 aromatic heterocycles. The van der Waals surface area contributed by atoms with E-state index in [4.69, 9.17) is 10.1 Å². The van der Waals surface area contributed by atoms with Crippen LogP contribution in [0.4, 0.5) is 0 Å². The standard InChI is InChI=1S/C8H18N2O/c1-4-11-8(9)6-10-5-7(2)3/h7,9-10H,4-6H2,1-3H3. The third-order valence-electron chi connectivity index (χ3n) is 1.16. The highest BCUT2D eigenvalue weighted by molar-refractivity contribution is 5.74. The van der Waals surface area contributed by atoms with Crippen LogP contribution in [-0.2, 0) is 4.74 Å². The van der Waals surface area contributed by atoms with E-state index in [9.17, 15) is 0 Å². The van der Waals surface area contributed by atoms with Crippen LogP contribution in [0.2, 0.25) is 0 Å². The molecule has 3 heteroatoms. The monoisotopic (exact) mass is 158 g/mol. The largest absolute Gasteiger partial charge is 0.481 e. The van der Waals surface area contributed by atoms with Crippen LogP contribution in [0.1, 0.15) is 20.8 Å². The summed E-state index contributed by atoms with van der Waals surface area (Å²) in [5.41, 5.74) is 0. The van der Waals surface area contributed by atoms with Gasteiger partial charge < -0.3 is 10.1 Å². The molecule has 0 aromatic carbocycles. The molecular formula is C8H18N2O. The van der Waals surface area contributed by atoms with E-state index in [0.29, 0.717) is 25.0 Å². The number of nitrogens with one attached hydrogen (secondary N) is 2. The second-order valence-electron chi connectivity index (χ2n) is 2.88. The Morgan fingerprint density at radius 3 is 2.64 bits per heavy atom. The second kappa shape index (κ2) is 6.16. The average Bonchev–Trinajstić information content (AvgIpc) is 1.87. The first-order chi connectivity index (χ1) is 5.16. The van der Waals surface area contributed by atoms with Gasteiger partial charge in [-0.1, -0.05) is 13.8 Å². The lowest BCUT2D eigenvalue weighted by molar-refractivity contribution is 0.314. The summed E-state index contributed by atoms with van der Waals surface area (Å²) in [5.74, 6) is 0.956. The Bertz CT molecular complexity index is 113. The molecule has 0 aliphatic rings. The van der Waals surface area contributed by atoms with Crippen molar-refractivity contribution in [3.8, 4) is 0 Å². The van der Waals surface area contributed by atoms with Crippen molar-refractivity contribution in [2.45, 2.75) is 20.8 Å². The lowest BCUT2D eigenvalue weighted by Gasteiger charge is -2.08. The zero-order valence-electron chi connectivity index (χ0n) is 7.61. The first-order valence-corrected chi connectivity index (χ1v) is 4.07. The number of rotatable bonds is 5. The maximum absolute atomic E-state index is 7.25. The van der Waals surface area contributed by atoms with E-state index < -0.39 is 0 Å². The topological polar surface area (TPSA) is 45.1 Å². The van der Waals surface area contributed by atoms with Crippen molar-refractivity contribution in [2.75, 3.05) is 19.7 Å². The van der Waals surface area contributed by atoms with Gasteiger partial charge in [-0.25, -0.2) is 0 Å². The van der Waals surface area contributed by atoms with Crippen molar-refractivity contribution in [2.24, 2.45) is 5.92 Å². The van der Waals surface area contributed by atoms with Crippen molar-refractivity contribution < 1.29 is 4.74 Å². The Hall–Kier alpha value is -0.570. The van der Waals surface area contributed by atoms with E-state index in [1.807, 2.05) is 6.92 Å². The first-order valence-electron chi connectivity index (χ1n) is 4.07. The van der Waals surface area contributed by atoms with E-state index in [0.717, 1.165) is 6.54 Å². The highest BCUT2D eigenvalue weighted by Gasteiger charge is 1.96. The van der Waals surface area contributed by atoms with Crippen molar-refractivity contribution in [3.05, 3.63) is 0 Å². The average molecular weight is 158 g/mol. The van der Waals surface area contributed by atoms with Gasteiger partial charge in [0.15, 0.2) is 5.90 Å². The summed E-state index contributed by atoms with van der Waals surface area (Å²) < 4.78 is 4.94. The molecule has 0 radical (unpaired) electrons. The Balaban J connectivity index is 3.17. The minimum Gasteiger partial charge on any atom is -0.481 e. The fourth-order valence-electron chi connectivity index (χ4n) is 0.700. The van der Waals surface area contributed by atoms with E-state index in [1.54, 1.807) is 0 Å². The molecule has 0 aliphatic carbocycles. The third kappa shape index (κ3) is 7.33.